The van der Waals surface area contributed by atoms with Crippen LogP contribution in [0.2, 0.25) is 0 Å². The largest absolute Gasteiger partial charge is 0.493 e. The molecule has 0 bridgehead atoms. The van der Waals surface area contributed by atoms with Gasteiger partial charge in [-0.2, -0.15) is 4.98 Å². The van der Waals surface area contributed by atoms with E-state index in [2.05, 4.69) is 15.3 Å². The molecule has 0 aliphatic heterocycles. The number of H-pyrrole nitrogens is 1. The fraction of sp³-hybridized carbons (Fsp3) is 0.429. The van der Waals surface area contributed by atoms with Gasteiger partial charge in [0.1, 0.15) is 5.82 Å². The van der Waals surface area contributed by atoms with Gasteiger partial charge in [0.05, 0.1) is 12.6 Å². The Labute approximate surface area is 69.5 Å². The third kappa shape index (κ3) is 2.35. The summed E-state index contributed by atoms with van der Waals surface area (Å²) in [6.45, 7) is 3.19. The number of rotatable bonds is 3. The van der Waals surface area contributed by atoms with Gasteiger partial charge in [-0.1, -0.05) is 6.92 Å². The Morgan fingerprint density at radius 1 is 1.75 bits per heavy atom. The van der Waals surface area contributed by atoms with E-state index >= 15 is 0 Å². The van der Waals surface area contributed by atoms with Gasteiger partial charge in [0, 0.05) is 0 Å². The molecule has 0 atom stereocenters. The van der Waals surface area contributed by atoms with Gasteiger partial charge in [-0.3, -0.25) is 4.79 Å². The molecule has 0 saturated carbocycles. The van der Waals surface area contributed by atoms with Crippen LogP contribution in [0.1, 0.15) is 12.7 Å². The highest BCUT2D eigenvalue weighted by Crippen LogP contribution is 1.96. The second kappa shape index (κ2) is 3.87. The van der Waals surface area contributed by atoms with Crippen molar-refractivity contribution in [3.63, 3.8) is 0 Å². The molecule has 0 fully saturated rings. The van der Waals surface area contributed by atoms with Crippen LogP contribution in [0.25, 0.3) is 0 Å². The number of aromatic nitrogens is 2. The molecule has 1 heterocycles. The maximum absolute atomic E-state index is 10.8. The zero-order chi connectivity index (χ0) is 8.97. The lowest BCUT2D eigenvalue weighted by Gasteiger charge is -2.00. The fourth-order valence-corrected chi connectivity index (χ4v) is 0.821. The second-order valence-corrected chi connectivity index (χ2v) is 2.33. The summed E-state index contributed by atoms with van der Waals surface area (Å²) in [5, 5.41) is 11.9. The van der Waals surface area contributed by atoms with Gasteiger partial charge in [-0.15, -0.1) is 0 Å². The molecule has 5 heteroatoms. The van der Waals surface area contributed by atoms with E-state index in [-0.39, 0.29) is 11.4 Å². The first-order chi connectivity index (χ1) is 5.72. The van der Waals surface area contributed by atoms with Crippen molar-refractivity contribution in [3.8, 4) is 5.88 Å². The lowest BCUT2D eigenvalue weighted by Crippen LogP contribution is -2.18. The third-order valence-corrected chi connectivity index (χ3v) is 1.32. The van der Waals surface area contributed by atoms with Crippen LogP contribution in [0.4, 0.5) is 0 Å². The van der Waals surface area contributed by atoms with E-state index in [0.29, 0.717) is 12.4 Å². The Morgan fingerprint density at radius 3 is 3.08 bits per heavy atom. The van der Waals surface area contributed by atoms with E-state index in [1.807, 2.05) is 6.92 Å². The molecule has 5 nitrogen and oxygen atoms in total. The normalized spacial score (nSPS) is 10.1. The number of hydrogen-bond acceptors (Lipinski definition) is 4. The van der Waals surface area contributed by atoms with Gasteiger partial charge in [0.15, 0.2) is 0 Å². The van der Waals surface area contributed by atoms with Crippen LogP contribution in [0.5, 0.6) is 5.88 Å². The monoisotopic (exact) mass is 169 g/mol. The van der Waals surface area contributed by atoms with Crippen LogP contribution < -0.4 is 10.9 Å². The first-order valence-corrected chi connectivity index (χ1v) is 3.72. The minimum absolute atomic E-state index is 0.244. The maximum Gasteiger partial charge on any atom is 0.254 e. The average Bonchev–Trinajstić information content (AvgIpc) is 1.99. The van der Waals surface area contributed by atoms with Gasteiger partial charge in [0.25, 0.3) is 5.56 Å². The number of aromatic amines is 1. The topological polar surface area (TPSA) is 78.0 Å². The Balaban J connectivity index is 2.79. The zero-order valence-electron chi connectivity index (χ0n) is 6.79. The van der Waals surface area contributed by atoms with Crippen LogP contribution in [0, 0.1) is 0 Å². The minimum Gasteiger partial charge on any atom is -0.493 e. The Bertz CT molecular complexity index is 308. The van der Waals surface area contributed by atoms with E-state index < -0.39 is 0 Å². The van der Waals surface area contributed by atoms with Gasteiger partial charge in [-0.05, 0) is 6.54 Å². The van der Waals surface area contributed by atoms with Gasteiger partial charge in [-0.25, -0.2) is 0 Å². The van der Waals surface area contributed by atoms with E-state index in [9.17, 15) is 4.79 Å². The summed E-state index contributed by atoms with van der Waals surface area (Å²) in [6, 6.07) is 1.04. The molecule has 0 aliphatic carbocycles. The number of aromatic hydroxyl groups is 1. The molecule has 0 amide bonds. The van der Waals surface area contributed by atoms with Crippen LogP contribution in [0.15, 0.2) is 10.9 Å². The number of nitrogens with one attached hydrogen (secondary N) is 2. The van der Waals surface area contributed by atoms with Crippen molar-refractivity contribution in [2.75, 3.05) is 6.54 Å². The Hall–Kier alpha value is -1.36. The standard InChI is InChI=1S/C7H11N3O2/c1-2-8-4-5-9-6(11)3-7(12)10-5/h3,8H,2,4H2,1H3,(H2,9,10,11,12). The quantitative estimate of drug-likeness (QED) is 0.574. The van der Waals surface area contributed by atoms with Gasteiger partial charge >= 0.3 is 0 Å². The van der Waals surface area contributed by atoms with Crippen LogP contribution in [-0.4, -0.2) is 21.6 Å². The average molecular weight is 169 g/mol. The molecule has 3 N–H and O–H groups in total. The fourth-order valence-electron chi connectivity index (χ4n) is 0.821. The molecular formula is C7H11N3O2. The molecule has 0 radical (unpaired) electrons. The van der Waals surface area contributed by atoms with Crippen molar-refractivity contribution < 1.29 is 5.11 Å². The zero-order valence-corrected chi connectivity index (χ0v) is 6.79. The van der Waals surface area contributed by atoms with Crippen LogP contribution in [-0.2, 0) is 6.54 Å². The first kappa shape index (κ1) is 8.73. The highest BCUT2D eigenvalue weighted by atomic mass is 16.3. The first-order valence-electron chi connectivity index (χ1n) is 3.72. The molecule has 12 heavy (non-hydrogen) atoms. The molecule has 0 aliphatic rings. The van der Waals surface area contributed by atoms with Crippen molar-refractivity contribution in [1.82, 2.24) is 15.3 Å². The summed E-state index contributed by atoms with van der Waals surface area (Å²) in [5.41, 5.74) is -0.338. The summed E-state index contributed by atoms with van der Waals surface area (Å²) in [7, 11) is 0. The predicted octanol–water partition coefficient (Wildman–Crippen LogP) is -0.415. The summed E-state index contributed by atoms with van der Waals surface area (Å²) in [6.07, 6.45) is 0. The third-order valence-electron chi connectivity index (χ3n) is 1.32. The number of hydrogen-bond donors (Lipinski definition) is 3. The molecule has 0 saturated heterocycles. The summed E-state index contributed by atoms with van der Waals surface area (Å²) in [4.78, 5) is 17.0. The minimum atomic E-state index is -0.338. The Morgan fingerprint density at radius 2 is 2.50 bits per heavy atom. The van der Waals surface area contributed by atoms with Gasteiger partial charge < -0.3 is 15.4 Å². The smallest absolute Gasteiger partial charge is 0.254 e. The van der Waals surface area contributed by atoms with E-state index in [4.69, 9.17) is 5.11 Å². The Kier molecular flexibility index (Phi) is 2.82. The molecule has 0 unspecified atom stereocenters. The van der Waals surface area contributed by atoms with Crippen molar-refractivity contribution in [2.24, 2.45) is 0 Å². The molecular weight excluding hydrogens is 158 g/mol. The maximum atomic E-state index is 10.8. The van der Waals surface area contributed by atoms with Crippen molar-refractivity contribution in [2.45, 2.75) is 13.5 Å². The second-order valence-electron chi connectivity index (χ2n) is 2.33. The highest BCUT2D eigenvalue weighted by molar-refractivity contribution is 5.06. The van der Waals surface area contributed by atoms with E-state index in [1.165, 1.54) is 0 Å². The van der Waals surface area contributed by atoms with Crippen molar-refractivity contribution >= 4 is 0 Å². The lowest BCUT2D eigenvalue weighted by atomic mass is 10.5. The summed E-state index contributed by atoms with van der Waals surface area (Å²) >= 11 is 0. The molecule has 1 aromatic rings. The van der Waals surface area contributed by atoms with Crippen molar-refractivity contribution in [1.29, 1.82) is 0 Å². The summed E-state index contributed by atoms with van der Waals surface area (Å²) in [5.74, 6) is 0.202. The molecule has 66 valence electrons. The molecule has 0 spiro atoms. The van der Waals surface area contributed by atoms with E-state index in [0.717, 1.165) is 12.6 Å². The SMILES string of the molecule is CCNCc1nc(O)cc(=O)[nH]1. The molecule has 1 rings (SSSR count). The summed E-state index contributed by atoms with van der Waals surface area (Å²) < 4.78 is 0. The van der Waals surface area contributed by atoms with Gasteiger partial charge in [0.2, 0.25) is 5.88 Å². The predicted molar refractivity (Wildman–Crippen MR) is 43.9 cm³/mol. The highest BCUT2D eigenvalue weighted by Gasteiger charge is 1.97. The number of nitrogens with zero attached hydrogens (tertiary/aromatic N) is 1. The molecule has 1 aromatic heterocycles. The van der Waals surface area contributed by atoms with Crippen LogP contribution in [0.3, 0.4) is 0 Å². The van der Waals surface area contributed by atoms with Crippen molar-refractivity contribution in [3.05, 3.63) is 22.2 Å². The molecule has 0 aromatic carbocycles. The van der Waals surface area contributed by atoms with E-state index in [1.54, 1.807) is 0 Å². The van der Waals surface area contributed by atoms with Crippen LogP contribution >= 0.6 is 0 Å². The lowest BCUT2D eigenvalue weighted by molar-refractivity contribution is 0.446.